The molecule has 0 bridgehead atoms. The lowest BCUT2D eigenvalue weighted by Gasteiger charge is -2.08. The smallest absolute Gasteiger partial charge is 0.244 e. The van der Waals surface area contributed by atoms with Crippen LogP contribution in [-0.2, 0) is 24.3 Å². The fourth-order valence-electron chi connectivity index (χ4n) is 2.54. The Morgan fingerprint density at radius 3 is 2.64 bits per heavy atom. The monoisotopic (exact) mass is 377 g/mol. The molecule has 2 aromatic heterocycles. The molecule has 0 spiro atoms. The van der Waals surface area contributed by atoms with Crippen molar-refractivity contribution in [2.75, 3.05) is 19.0 Å². The minimum absolute atomic E-state index is 0.214. The summed E-state index contributed by atoms with van der Waals surface area (Å²) in [5, 5.41) is 10.9. The van der Waals surface area contributed by atoms with Crippen molar-refractivity contribution in [3.8, 4) is 0 Å². The molecular weight excluding hydrogens is 354 g/mol. The molecule has 1 amide bonds. The van der Waals surface area contributed by atoms with Crippen molar-refractivity contribution in [3.05, 3.63) is 72.1 Å². The second-order valence-corrected chi connectivity index (χ2v) is 6.44. The second kappa shape index (κ2) is 9.40. The van der Waals surface area contributed by atoms with Gasteiger partial charge in [-0.25, -0.2) is 9.97 Å². The molecule has 0 aliphatic carbocycles. The van der Waals surface area contributed by atoms with Gasteiger partial charge in [0, 0.05) is 44.7 Å². The van der Waals surface area contributed by atoms with E-state index in [2.05, 4.69) is 37.6 Å². The van der Waals surface area contributed by atoms with E-state index >= 15 is 0 Å². The zero-order valence-corrected chi connectivity index (χ0v) is 16.0. The van der Waals surface area contributed by atoms with Crippen LogP contribution in [0.5, 0.6) is 0 Å². The molecule has 0 unspecified atom stereocenters. The number of hydrogen-bond donors (Lipinski definition) is 1. The number of amides is 1. The van der Waals surface area contributed by atoms with Crippen molar-refractivity contribution in [1.82, 2.24) is 30.0 Å². The van der Waals surface area contributed by atoms with E-state index in [1.165, 1.54) is 11.6 Å². The maximum Gasteiger partial charge on any atom is 0.244 e. The van der Waals surface area contributed by atoms with Gasteiger partial charge in [-0.3, -0.25) is 4.79 Å². The van der Waals surface area contributed by atoms with Crippen LogP contribution in [0.2, 0.25) is 0 Å². The highest BCUT2D eigenvalue weighted by Crippen LogP contribution is 2.05. The van der Waals surface area contributed by atoms with Crippen LogP contribution in [0.15, 0.2) is 55.1 Å². The van der Waals surface area contributed by atoms with Crippen LogP contribution in [0.1, 0.15) is 17.0 Å². The molecule has 0 radical (unpaired) electrons. The van der Waals surface area contributed by atoms with Gasteiger partial charge in [-0.1, -0.05) is 30.3 Å². The predicted octanol–water partition coefficient (Wildman–Crippen LogP) is 1.71. The number of aromatic nitrogens is 5. The predicted molar refractivity (Wildman–Crippen MR) is 107 cm³/mol. The first kappa shape index (κ1) is 19.2. The minimum atomic E-state index is -0.214. The average molecular weight is 377 g/mol. The molecule has 1 aromatic carbocycles. The van der Waals surface area contributed by atoms with E-state index < -0.39 is 0 Å². The third-order valence-corrected chi connectivity index (χ3v) is 4.09. The van der Waals surface area contributed by atoms with Crippen molar-refractivity contribution in [2.24, 2.45) is 0 Å². The number of carbonyl (C=O) groups is 1. The van der Waals surface area contributed by atoms with E-state index in [0.29, 0.717) is 12.5 Å². The highest BCUT2D eigenvalue weighted by molar-refractivity contribution is 5.91. The third kappa shape index (κ3) is 5.47. The van der Waals surface area contributed by atoms with Crippen LogP contribution in [0.25, 0.3) is 6.08 Å². The highest BCUT2D eigenvalue weighted by atomic mass is 16.1. The number of rotatable bonds is 8. The lowest BCUT2D eigenvalue weighted by molar-refractivity contribution is -0.116. The van der Waals surface area contributed by atoms with E-state index in [1.807, 2.05) is 41.8 Å². The van der Waals surface area contributed by atoms with Gasteiger partial charge in [0.05, 0.1) is 6.54 Å². The molecule has 8 nitrogen and oxygen atoms in total. The largest absolute Gasteiger partial charge is 0.347 e. The van der Waals surface area contributed by atoms with Gasteiger partial charge in [0.1, 0.15) is 6.33 Å². The summed E-state index contributed by atoms with van der Waals surface area (Å²) in [6.07, 6.45) is 9.04. The van der Waals surface area contributed by atoms with Crippen LogP contribution in [0, 0.1) is 0 Å². The van der Waals surface area contributed by atoms with Crippen molar-refractivity contribution >= 4 is 17.9 Å². The first-order chi connectivity index (χ1) is 13.6. The Labute approximate surface area is 164 Å². The number of hydrogen-bond acceptors (Lipinski definition) is 6. The lowest BCUT2D eigenvalue weighted by atomic mass is 10.1. The van der Waals surface area contributed by atoms with E-state index in [1.54, 1.807) is 24.8 Å². The van der Waals surface area contributed by atoms with Gasteiger partial charge in [-0.2, -0.15) is 0 Å². The van der Waals surface area contributed by atoms with E-state index in [4.69, 9.17) is 0 Å². The van der Waals surface area contributed by atoms with Gasteiger partial charge in [-0.05, 0) is 18.1 Å². The van der Waals surface area contributed by atoms with Gasteiger partial charge in [0.2, 0.25) is 11.9 Å². The van der Waals surface area contributed by atoms with Crippen molar-refractivity contribution in [1.29, 1.82) is 0 Å². The standard InChI is InChI=1S/C20H23N7O/c1-26(2)20-22-12-17(13-23-20)8-9-19(28)21-14-18-25-24-15-27(18)11-10-16-6-4-3-5-7-16/h3-9,12-13,15H,10-11,14H2,1-2H3,(H,21,28). The summed E-state index contributed by atoms with van der Waals surface area (Å²) in [5.41, 5.74) is 2.00. The van der Waals surface area contributed by atoms with Crippen LogP contribution in [0.3, 0.4) is 0 Å². The average Bonchev–Trinajstić information content (AvgIpc) is 3.17. The number of benzene rings is 1. The van der Waals surface area contributed by atoms with Gasteiger partial charge < -0.3 is 14.8 Å². The van der Waals surface area contributed by atoms with Crippen LogP contribution >= 0.6 is 0 Å². The summed E-state index contributed by atoms with van der Waals surface area (Å²) in [6.45, 7) is 1.07. The SMILES string of the molecule is CN(C)c1ncc(C=CC(=O)NCc2nncn2CCc2ccccc2)cn1. The summed E-state index contributed by atoms with van der Waals surface area (Å²) in [7, 11) is 3.74. The van der Waals surface area contributed by atoms with Gasteiger partial charge in [-0.15, -0.1) is 10.2 Å². The molecule has 0 saturated carbocycles. The molecule has 3 rings (SSSR count). The molecule has 0 aliphatic heterocycles. The number of nitrogens with zero attached hydrogens (tertiary/aromatic N) is 6. The summed E-state index contributed by atoms with van der Waals surface area (Å²) >= 11 is 0. The maximum absolute atomic E-state index is 12.1. The quantitative estimate of drug-likeness (QED) is 0.601. The third-order valence-electron chi connectivity index (χ3n) is 4.09. The number of carbonyl (C=O) groups excluding carboxylic acids is 1. The van der Waals surface area contributed by atoms with E-state index in [-0.39, 0.29) is 5.91 Å². The summed E-state index contributed by atoms with van der Waals surface area (Å²) in [4.78, 5) is 22.3. The fraction of sp³-hybridized carbons (Fsp3) is 0.250. The maximum atomic E-state index is 12.1. The molecule has 0 fully saturated rings. The highest BCUT2D eigenvalue weighted by Gasteiger charge is 2.06. The van der Waals surface area contributed by atoms with Crippen LogP contribution in [-0.4, -0.2) is 44.7 Å². The Morgan fingerprint density at radius 1 is 1.18 bits per heavy atom. The number of aryl methyl sites for hydroxylation is 2. The molecule has 2 heterocycles. The molecule has 144 valence electrons. The summed E-state index contributed by atoms with van der Waals surface area (Å²) < 4.78 is 1.95. The Morgan fingerprint density at radius 2 is 1.93 bits per heavy atom. The molecule has 0 atom stereocenters. The molecule has 0 saturated heterocycles. The number of nitrogens with one attached hydrogen (secondary N) is 1. The summed E-state index contributed by atoms with van der Waals surface area (Å²) in [5.74, 6) is 1.13. The second-order valence-electron chi connectivity index (χ2n) is 6.44. The van der Waals surface area contributed by atoms with E-state index in [9.17, 15) is 4.79 Å². The van der Waals surface area contributed by atoms with E-state index in [0.717, 1.165) is 24.4 Å². The first-order valence-corrected chi connectivity index (χ1v) is 8.97. The van der Waals surface area contributed by atoms with Gasteiger partial charge in [0.15, 0.2) is 5.82 Å². The Bertz CT molecular complexity index is 917. The number of anilines is 1. The van der Waals surface area contributed by atoms with Crippen LogP contribution < -0.4 is 10.2 Å². The van der Waals surface area contributed by atoms with Gasteiger partial charge >= 0.3 is 0 Å². The Kier molecular flexibility index (Phi) is 6.46. The minimum Gasteiger partial charge on any atom is -0.347 e. The zero-order valence-electron chi connectivity index (χ0n) is 16.0. The zero-order chi connectivity index (χ0) is 19.8. The summed E-state index contributed by atoms with van der Waals surface area (Å²) in [6, 6.07) is 10.2. The Balaban J connectivity index is 1.50. The van der Waals surface area contributed by atoms with Crippen LogP contribution in [0.4, 0.5) is 5.95 Å². The van der Waals surface area contributed by atoms with Gasteiger partial charge in [0.25, 0.3) is 0 Å². The molecule has 28 heavy (non-hydrogen) atoms. The molecule has 0 aliphatic rings. The molecule has 3 aromatic rings. The fourth-order valence-corrected chi connectivity index (χ4v) is 2.54. The topological polar surface area (TPSA) is 88.8 Å². The normalized spacial score (nSPS) is 10.9. The lowest BCUT2D eigenvalue weighted by Crippen LogP contribution is -2.23. The molecule has 1 N–H and O–H groups in total. The molecular formula is C20H23N7O. The van der Waals surface area contributed by atoms with Crippen molar-refractivity contribution < 1.29 is 4.79 Å². The van der Waals surface area contributed by atoms with Crippen molar-refractivity contribution in [3.63, 3.8) is 0 Å². The first-order valence-electron chi connectivity index (χ1n) is 8.97. The molecule has 8 heteroatoms. The van der Waals surface area contributed by atoms with Crippen molar-refractivity contribution in [2.45, 2.75) is 19.5 Å². The Hall–Kier alpha value is -3.55.